The molecule has 1 atom stereocenters. The van der Waals surface area contributed by atoms with Crippen molar-refractivity contribution >= 4 is 36.8 Å². The van der Waals surface area contributed by atoms with Crippen LogP contribution in [0.2, 0.25) is 0 Å². The van der Waals surface area contributed by atoms with Gasteiger partial charge in [-0.3, -0.25) is 15.0 Å². The Morgan fingerprint density at radius 1 is 1.15 bits per heavy atom. The maximum atomic E-state index is 11.9. The molecule has 1 fully saturated rings. The van der Waals surface area contributed by atoms with E-state index in [0.29, 0.717) is 12.5 Å². The van der Waals surface area contributed by atoms with Crippen LogP contribution >= 0.6 is 24.8 Å². The first kappa shape index (κ1) is 21.7. The monoisotopic (exact) mass is 328 g/mol. The standard InChI is InChI=1S/C12H24N4O2.2ClH/c1-9(2)8-14-12(18)15-11(17)10(3)16-6-4-13-5-7-16;;/h9-10,13H,4-8H2,1-3H3,(H2,14,15,17,18);2*1H. The molecule has 1 heterocycles. The Morgan fingerprint density at radius 2 is 1.70 bits per heavy atom. The Labute approximate surface area is 133 Å². The molecule has 0 bridgehead atoms. The van der Waals surface area contributed by atoms with Crippen LogP contribution in [0.5, 0.6) is 0 Å². The van der Waals surface area contributed by atoms with Crippen molar-refractivity contribution in [2.75, 3.05) is 32.7 Å². The minimum absolute atomic E-state index is 0. The van der Waals surface area contributed by atoms with Gasteiger partial charge >= 0.3 is 6.03 Å². The van der Waals surface area contributed by atoms with Gasteiger partial charge in [-0.15, -0.1) is 24.8 Å². The summed E-state index contributed by atoms with van der Waals surface area (Å²) in [6, 6.07) is -0.674. The lowest BCUT2D eigenvalue weighted by atomic mass is 10.2. The summed E-state index contributed by atoms with van der Waals surface area (Å²) < 4.78 is 0. The maximum absolute atomic E-state index is 11.9. The Bertz CT molecular complexity index is 297. The quantitative estimate of drug-likeness (QED) is 0.706. The fraction of sp³-hybridized carbons (Fsp3) is 0.833. The number of carbonyl (C=O) groups is 2. The number of hydrogen-bond donors (Lipinski definition) is 3. The average molecular weight is 329 g/mol. The zero-order valence-corrected chi connectivity index (χ0v) is 13.9. The number of nitrogens with one attached hydrogen (secondary N) is 3. The van der Waals surface area contributed by atoms with Gasteiger partial charge in [-0.25, -0.2) is 4.79 Å². The first-order valence-electron chi connectivity index (χ1n) is 6.54. The Hall–Kier alpha value is -0.560. The Morgan fingerprint density at radius 3 is 2.20 bits per heavy atom. The predicted molar refractivity (Wildman–Crippen MR) is 84.8 cm³/mol. The van der Waals surface area contributed by atoms with E-state index in [1.165, 1.54) is 0 Å². The third-order valence-electron chi connectivity index (χ3n) is 2.99. The summed E-state index contributed by atoms with van der Waals surface area (Å²) in [6.45, 7) is 9.85. The number of carbonyl (C=O) groups excluding carboxylic acids is 2. The molecule has 0 aromatic heterocycles. The van der Waals surface area contributed by atoms with Crippen LogP contribution in [0, 0.1) is 5.92 Å². The summed E-state index contributed by atoms with van der Waals surface area (Å²) in [6.07, 6.45) is 0. The van der Waals surface area contributed by atoms with E-state index >= 15 is 0 Å². The van der Waals surface area contributed by atoms with Crippen molar-refractivity contribution in [2.24, 2.45) is 5.92 Å². The van der Waals surface area contributed by atoms with Gasteiger partial charge in [-0.2, -0.15) is 0 Å². The van der Waals surface area contributed by atoms with Crippen LogP contribution in [-0.4, -0.2) is 55.6 Å². The molecule has 120 valence electrons. The van der Waals surface area contributed by atoms with E-state index in [1.54, 1.807) is 0 Å². The minimum Gasteiger partial charge on any atom is -0.338 e. The van der Waals surface area contributed by atoms with Crippen LogP contribution in [0.25, 0.3) is 0 Å². The largest absolute Gasteiger partial charge is 0.338 e. The molecule has 0 spiro atoms. The van der Waals surface area contributed by atoms with Crippen LogP contribution in [0.1, 0.15) is 20.8 Å². The maximum Gasteiger partial charge on any atom is 0.321 e. The first-order valence-corrected chi connectivity index (χ1v) is 6.54. The fourth-order valence-corrected chi connectivity index (χ4v) is 1.79. The van der Waals surface area contributed by atoms with E-state index in [9.17, 15) is 9.59 Å². The highest BCUT2D eigenvalue weighted by atomic mass is 35.5. The van der Waals surface area contributed by atoms with Gasteiger partial charge in [0.1, 0.15) is 0 Å². The van der Waals surface area contributed by atoms with Crippen molar-refractivity contribution in [3.63, 3.8) is 0 Å². The molecule has 20 heavy (non-hydrogen) atoms. The number of halogens is 2. The summed E-state index contributed by atoms with van der Waals surface area (Å²) in [5, 5.41) is 8.28. The molecule has 1 unspecified atom stereocenters. The predicted octanol–water partition coefficient (Wildman–Crippen LogP) is 0.605. The third kappa shape index (κ3) is 7.89. The van der Waals surface area contributed by atoms with E-state index < -0.39 is 6.03 Å². The van der Waals surface area contributed by atoms with Gasteiger partial charge in [0.2, 0.25) is 5.91 Å². The van der Waals surface area contributed by atoms with Gasteiger partial charge in [-0.1, -0.05) is 13.8 Å². The summed E-state index contributed by atoms with van der Waals surface area (Å²) in [5.41, 5.74) is 0. The molecular formula is C12H26Cl2N4O2. The zero-order valence-electron chi connectivity index (χ0n) is 12.3. The fourth-order valence-electron chi connectivity index (χ4n) is 1.79. The topological polar surface area (TPSA) is 73.5 Å². The van der Waals surface area contributed by atoms with Crippen LogP contribution in [0.4, 0.5) is 4.79 Å². The highest BCUT2D eigenvalue weighted by Gasteiger charge is 2.23. The molecule has 8 heteroatoms. The summed E-state index contributed by atoms with van der Waals surface area (Å²) in [7, 11) is 0. The molecule has 0 aliphatic carbocycles. The average Bonchev–Trinajstić information content (AvgIpc) is 2.36. The van der Waals surface area contributed by atoms with Crippen molar-refractivity contribution < 1.29 is 9.59 Å². The highest BCUT2D eigenvalue weighted by molar-refractivity contribution is 5.96. The molecule has 0 saturated carbocycles. The van der Waals surface area contributed by atoms with Gasteiger partial charge in [-0.05, 0) is 12.8 Å². The normalized spacial score (nSPS) is 16.6. The molecule has 1 aliphatic heterocycles. The van der Waals surface area contributed by atoms with Crippen molar-refractivity contribution in [3.8, 4) is 0 Å². The van der Waals surface area contributed by atoms with E-state index in [0.717, 1.165) is 26.2 Å². The SMILES string of the molecule is CC(C)CNC(=O)NC(=O)C(C)N1CCNCC1.Cl.Cl. The molecule has 0 aromatic carbocycles. The number of rotatable bonds is 4. The molecule has 1 rings (SSSR count). The van der Waals surface area contributed by atoms with Crippen molar-refractivity contribution in [1.29, 1.82) is 0 Å². The van der Waals surface area contributed by atoms with E-state index in [4.69, 9.17) is 0 Å². The third-order valence-corrected chi connectivity index (χ3v) is 2.99. The highest BCUT2D eigenvalue weighted by Crippen LogP contribution is 2.00. The van der Waals surface area contributed by atoms with Crippen molar-refractivity contribution in [1.82, 2.24) is 20.9 Å². The minimum atomic E-state index is -0.407. The molecule has 0 radical (unpaired) electrons. The smallest absolute Gasteiger partial charge is 0.321 e. The van der Waals surface area contributed by atoms with Crippen molar-refractivity contribution in [2.45, 2.75) is 26.8 Å². The second kappa shape index (κ2) is 11.1. The number of imide groups is 1. The molecule has 3 amide bonds. The molecule has 1 saturated heterocycles. The van der Waals surface area contributed by atoms with Gasteiger partial charge < -0.3 is 10.6 Å². The number of hydrogen-bond acceptors (Lipinski definition) is 4. The molecular weight excluding hydrogens is 303 g/mol. The second-order valence-electron chi connectivity index (χ2n) is 5.06. The number of amides is 3. The Kier molecular flexibility index (Phi) is 12.1. The summed E-state index contributed by atoms with van der Waals surface area (Å²) in [5.74, 6) is 0.134. The first-order chi connectivity index (χ1) is 8.50. The van der Waals surface area contributed by atoms with Crippen LogP contribution in [-0.2, 0) is 4.79 Å². The van der Waals surface area contributed by atoms with Gasteiger partial charge in [0.15, 0.2) is 0 Å². The van der Waals surface area contributed by atoms with E-state index in [1.807, 2.05) is 20.8 Å². The summed E-state index contributed by atoms with van der Waals surface area (Å²) >= 11 is 0. The summed E-state index contributed by atoms with van der Waals surface area (Å²) in [4.78, 5) is 25.4. The van der Waals surface area contributed by atoms with Gasteiger partial charge in [0.25, 0.3) is 0 Å². The van der Waals surface area contributed by atoms with Crippen LogP contribution in [0.3, 0.4) is 0 Å². The van der Waals surface area contributed by atoms with Crippen molar-refractivity contribution in [3.05, 3.63) is 0 Å². The lowest BCUT2D eigenvalue weighted by molar-refractivity contribution is -0.125. The molecule has 0 aromatic rings. The van der Waals surface area contributed by atoms with E-state index in [-0.39, 0.29) is 36.8 Å². The van der Waals surface area contributed by atoms with E-state index in [2.05, 4.69) is 20.9 Å². The molecule has 3 N–H and O–H groups in total. The second-order valence-corrected chi connectivity index (χ2v) is 5.06. The number of urea groups is 1. The lowest BCUT2D eigenvalue weighted by Gasteiger charge is -2.31. The van der Waals surface area contributed by atoms with Gasteiger partial charge in [0, 0.05) is 32.7 Å². The Balaban J connectivity index is 0. The number of nitrogens with zero attached hydrogens (tertiary/aromatic N) is 1. The number of piperazine rings is 1. The lowest BCUT2D eigenvalue weighted by Crippen LogP contribution is -2.54. The molecule has 1 aliphatic rings. The molecule has 6 nitrogen and oxygen atoms in total. The van der Waals surface area contributed by atoms with Gasteiger partial charge in [0.05, 0.1) is 6.04 Å². The zero-order chi connectivity index (χ0) is 13.5. The van der Waals surface area contributed by atoms with Crippen LogP contribution in [0.15, 0.2) is 0 Å². The van der Waals surface area contributed by atoms with Crippen LogP contribution < -0.4 is 16.0 Å².